The largest absolute Gasteiger partial charge is 0.380 e. The number of H-pyrrole nitrogens is 1. The van der Waals surface area contributed by atoms with Crippen molar-refractivity contribution in [1.82, 2.24) is 19.9 Å². The summed E-state index contributed by atoms with van der Waals surface area (Å²) in [5.74, 6) is 1.30. The number of aromatic nitrogens is 4. The first-order valence-corrected chi connectivity index (χ1v) is 5.97. The van der Waals surface area contributed by atoms with Gasteiger partial charge in [0.15, 0.2) is 11.5 Å². The van der Waals surface area contributed by atoms with E-state index < -0.39 is 0 Å². The first-order valence-electron chi connectivity index (χ1n) is 5.43. The fourth-order valence-corrected chi connectivity index (χ4v) is 1.55. The van der Waals surface area contributed by atoms with Gasteiger partial charge in [0.05, 0.1) is 12.9 Å². The Balaban J connectivity index is 1.80. The molecule has 0 radical (unpaired) electrons. The van der Waals surface area contributed by atoms with Gasteiger partial charge in [0.25, 0.3) is 0 Å². The second kappa shape index (κ2) is 6.36. The summed E-state index contributed by atoms with van der Waals surface area (Å²) >= 11 is 5.49. The molecule has 2 N–H and O–H groups in total. The molecule has 92 valence electrons. The van der Waals surface area contributed by atoms with Gasteiger partial charge in [-0.25, -0.2) is 15.0 Å². The Labute approximate surface area is 104 Å². The topological polar surface area (TPSA) is 75.7 Å². The van der Waals surface area contributed by atoms with Gasteiger partial charge in [-0.3, -0.25) is 0 Å². The van der Waals surface area contributed by atoms with E-state index in [0.29, 0.717) is 24.7 Å². The number of halogens is 1. The standard InChI is InChI=1S/C10H14ClN5O/c11-2-5-17-4-1-3-12-9-8-10(14-6-13-8)16-7-15-9/h6-7H,1-5H2,(H2,12,13,14,15,16). The number of hydrogen-bond acceptors (Lipinski definition) is 5. The number of fused-ring (bicyclic) bond motifs is 1. The molecule has 2 aromatic rings. The number of nitrogens with zero attached hydrogens (tertiary/aromatic N) is 3. The third-order valence-corrected chi connectivity index (χ3v) is 2.36. The van der Waals surface area contributed by atoms with Crippen LogP contribution in [0.4, 0.5) is 5.82 Å². The molecule has 0 unspecified atom stereocenters. The van der Waals surface area contributed by atoms with Gasteiger partial charge in [0.1, 0.15) is 11.8 Å². The molecule has 0 aliphatic rings. The van der Waals surface area contributed by atoms with Crippen LogP contribution >= 0.6 is 11.6 Å². The Morgan fingerprint density at radius 3 is 3.12 bits per heavy atom. The Morgan fingerprint density at radius 1 is 1.29 bits per heavy atom. The highest BCUT2D eigenvalue weighted by Crippen LogP contribution is 2.13. The molecule has 0 bridgehead atoms. The molecule has 2 heterocycles. The maximum atomic E-state index is 5.49. The van der Waals surface area contributed by atoms with Crippen molar-refractivity contribution in [3.8, 4) is 0 Å². The smallest absolute Gasteiger partial charge is 0.182 e. The summed E-state index contributed by atoms with van der Waals surface area (Å²) in [5, 5.41) is 3.22. The van der Waals surface area contributed by atoms with E-state index in [1.807, 2.05) is 0 Å². The first-order chi connectivity index (χ1) is 8.42. The van der Waals surface area contributed by atoms with Gasteiger partial charge < -0.3 is 15.0 Å². The zero-order valence-corrected chi connectivity index (χ0v) is 10.1. The second-order valence-electron chi connectivity index (χ2n) is 3.41. The second-order valence-corrected chi connectivity index (χ2v) is 3.78. The SMILES string of the molecule is ClCCOCCCNc1ncnc2nc[nH]c12. The molecule has 0 aliphatic carbocycles. The Hall–Kier alpha value is -1.40. The minimum atomic E-state index is 0.536. The molecule has 0 saturated heterocycles. The lowest BCUT2D eigenvalue weighted by atomic mass is 10.4. The molecule has 0 spiro atoms. The summed E-state index contributed by atoms with van der Waals surface area (Å²) < 4.78 is 5.27. The van der Waals surface area contributed by atoms with E-state index in [9.17, 15) is 0 Å². The van der Waals surface area contributed by atoms with Crippen LogP contribution in [0.2, 0.25) is 0 Å². The number of aromatic amines is 1. The number of hydrogen-bond donors (Lipinski definition) is 2. The monoisotopic (exact) mass is 255 g/mol. The third kappa shape index (κ3) is 3.28. The van der Waals surface area contributed by atoms with Gasteiger partial charge >= 0.3 is 0 Å². The summed E-state index contributed by atoms with van der Waals surface area (Å²) in [6.45, 7) is 2.07. The number of ether oxygens (including phenoxy) is 1. The van der Waals surface area contributed by atoms with Gasteiger partial charge in [-0.1, -0.05) is 0 Å². The van der Waals surface area contributed by atoms with Gasteiger partial charge in [0.2, 0.25) is 0 Å². The summed E-state index contributed by atoms with van der Waals surface area (Å²) in [6.07, 6.45) is 4.00. The number of alkyl halides is 1. The molecule has 0 aromatic carbocycles. The molecule has 0 aliphatic heterocycles. The average molecular weight is 256 g/mol. The van der Waals surface area contributed by atoms with Crippen molar-refractivity contribution < 1.29 is 4.74 Å². The lowest BCUT2D eigenvalue weighted by molar-refractivity contribution is 0.149. The molecule has 0 saturated carbocycles. The molecule has 7 heteroatoms. The Kier molecular flexibility index (Phi) is 4.52. The highest BCUT2D eigenvalue weighted by molar-refractivity contribution is 6.17. The van der Waals surface area contributed by atoms with E-state index in [1.54, 1.807) is 6.33 Å². The maximum absolute atomic E-state index is 5.49. The van der Waals surface area contributed by atoms with Crippen LogP contribution in [0, 0.1) is 0 Å². The van der Waals surface area contributed by atoms with E-state index in [2.05, 4.69) is 25.3 Å². The lowest BCUT2D eigenvalue weighted by Gasteiger charge is -2.05. The van der Waals surface area contributed by atoms with E-state index in [1.165, 1.54) is 6.33 Å². The molecule has 0 atom stereocenters. The zero-order valence-electron chi connectivity index (χ0n) is 9.32. The van der Waals surface area contributed by atoms with Gasteiger partial charge in [0, 0.05) is 19.0 Å². The highest BCUT2D eigenvalue weighted by atomic mass is 35.5. The fourth-order valence-electron chi connectivity index (χ4n) is 1.44. The van der Waals surface area contributed by atoms with E-state index >= 15 is 0 Å². The van der Waals surface area contributed by atoms with Crippen molar-refractivity contribution >= 4 is 28.6 Å². The maximum Gasteiger partial charge on any atom is 0.182 e. The minimum absolute atomic E-state index is 0.536. The summed E-state index contributed by atoms with van der Waals surface area (Å²) in [4.78, 5) is 15.3. The van der Waals surface area contributed by atoms with Crippen molar-refractivity contribution in [1.29, 1.82) is 0 Å². The normalized spacial score (nSPS) is 10.9. The zero-order chi connectivity index (χ0) is 11.9. The van der Waals surface area contributed by atoms with Gasteiger partial charge in [-0.2, -0.15) is 0 Å². The van der Waals surface area contributed by atoms with Crippen LogP contribution in [0.1, 0.15) is 6.42 Å². The number of nitrogens with one attached hydrogen (secondary N) is 2. The lowest BCUT2D eigenvalue weighted by Crippen LogP contribution is -2.08. The summed E-state index contributed by atoms with van der Waals surface area (Å²) in [7, 11) is 0. The molecule has 0 amide bonds. The Bertz CT molecular complexity index is 461. The highest BCUT2D eigenvalue weighted by Gasteiger charge is 2.04. The van der Waals surface area contributed by atoms with Crippen LogP contribution in [-0.4, -0.2) is 45.6 Å². The van der Waals surface area contributed by atoms with Crippen molar-refractivity contribution in [2.24, 2.45) is 0 Å². The molecule has 0 fully saturated rings. The molecule has 2 aromatic heterocycles. The van der Waals surface area contributed by atoms with Gasteiger partial charge in [-0.15, -0.1) is 11.6 Å². The third-order valence-electron chi connectivity index (χ3n) is 2.20. The van der Waals surface area contributed by atoms with Crippen LogP contribution in [-0.2, 0) is 4.74 Å². The summed E-state index contributed by atoms with van der Waals surface area (Å²) in [6, 6.07) is 0. The number of imidazole rings is 1. The number of rotatable bonds is 7. The van der Waals surface area contributed by atoms with Crippen molar-refractivity contribution in [3.63, 3.8) is 0 Å². The quantitative estimate of drug-likeness (QED) is 0.578. The van der Waals surface area contributed by atoms with Crippen LogP contribution in [0.3, 0.4) is 0 Å². The summed E-state index contributed by atoms with van der Waals surface area (Å²) in [5.41, 5.74) is 1.50. The van der Waals surface area contributed by atoms with Crippen LogP contribution in [0.15, 0.2) is 12.7 Å². The van der Waals surface area contributed by atoms with Crippen LogP contribution in [0.25, 0.3) is 11.2 Å². The average Bonchev–Trinajstić information content (AvgIpc) is 2.82. The van der Waals surface area contributed by atoms with Crippen molar-refractivity contribution in [2.75, 3.05) is 31.0 Å². The van der Waals surface area contributed by atoms with Crippen molar-refractivity contribution in [2.45, 2.75) is 6.42 Å². The fraction of sp³-hybridized carbons (Fsp3) is 0.500. The predicted molar refractivity (Wildman–Crippen MR) is 66.3 cm³/mol. The molecular weight excluding hydrogens is 242 g/mol. The molecule has 17 heavy (non-hydrogen) atoms. The molecule has 2 rings (SSSR count). The Morgan fingerprint density at radius 2 is 2.24 bits per heavy atom. The van der Waals surface area contributed by atoms with Crippen LogP contribution in [0.5, 0.6) is 0 Å². The molecule has 6 nitrogen and oxygen atoms in total. The van der Waals surface area contributed by atoms with E-state index in [-0.39, 0.29) is 0 Å². The van der Waals surface area contributed by atoms with E-state index in [4.69, 9.17) is 16.3 Å². The van der Waals surface area contributed by atoms with Gasteiger partial charge in [-0.05, 0) is 6.42 Å². The minimum Gasteiger partial charge on any atom is -0.380 e. The first kappa shape index (κ1) is 12.1. The van der Waals surface area contributed by atoms with E-state index in [0.717, 1.165) is 24.3 Å². The van der Waals surface area contributed by atoms with Crippen LogP contribution < -0.4 is 5.32 Å². The molecular formula is C10H14ClN5O. The van der Waals surface area contributed by atoms with Crippen molar-refractivity contribution in [3.05, 3.63) is 12.7 Å². The number of anilines is 1. The predicted octanol–water partition coefficient (Wildman–Crippen LogP) is 1.41.